The molecule has 0 radical (unpaired) electrons. The van der Waals surface area contributed by atoms with E-state index in [9.17, 15) is 4.79 Å². The Balaban J connectivity index is 1.26. The summed E-state index contributed by atoms with van der Waals surface area (Å²) in [5.41, 5.74) is 0. The van der Waals surface area contributed by atoms with Crippen LogP contribution in [0.25, 0.3) is 0 Å². The van der Waals surface area contributed by atoms with Gasteiger partial charge in [-0.1, -0.05) is 0 Å². The molecule has 0 unspecified atom stereocenters. The highest BCUT2D eigenvalue weighted by Crippen LogP contribution is 2.33. The molecule has 2 amide bonds. The maximum atomic E-state index is 12.0. The van der Waals surface area contributed by atoms with Gasteiger partial charge in [0.1, 0.15) is 0 Å². The molecule has 22 heavy (non-hydrogen) atoms. The average molecular weight is 309 g/mol. The lowest BCUT2D eigenvalue weighted by molar-refractivity contribution is 0.0103. The number of likely N-dealkylation sites (tertiary alicyclic amines) is 1. The average Bonchev–Trinajstić information content (AvgIpc) is 3.29. The van der Waals surface area contributed by atoms with Gasteiger partial charge in [0.25, 0.3) is 0 Å². The third-order valence-corrected chi connectivity index (χ3v) is 5.24. The Bertz CT molecular complexity index is 367. The van der Waals surface area contributed by atoms with Gasteiger partial charge in [0.15, 0.2) is 0 Å². The van der Waals surface area contributed by atoms with E-state index in [1.54, 1.807) is 0 Å². The van der Waals surface area contributed by atoms with Gasteiger partial charge in [-0.05, 0) is 58.3 Å². The summed E-state index contributed by atoms with van der Waals surface area (Å²) < 4.78 is 5.71. The second-order valence-electron chi connectivity index (χ2n) is 7.24. The standard InChI is InChI=1S/C17H31N3O2/c1-13-11-14(12-20(13)15-7-8-15)19-17(21)18-9-4-6-16-5-2-3-10-22-16/h13-16H,2-12H2,1H3,(H2,18,19,21)/t13-,14+,16+/m1/s1. The lowest BCUT2D eigenvalue weighted by Crippen LogP contribution is -2.43. The zero-order valence-corrected chi connectivity index (χ0v) is 13.9. The van der Waals surface area contributed by atoms with E-state index in [0.29, 0.717) is 18.2 Å². The van der Waals surface area contributed by atoms with E-state index in [2.05, 4.69) is 22.5 Å². The molecule has 2 aliphatic heterocycles. The fourth-order valence-electron chi connectivity index (χ4n) is 3.88. The van der Waals surface area contributed by atoms with Crippen LogP contribution in [0.2, 0.25) is 0 Å². The second kappa shape index (κ2) is 7.64. The molecule has 2 N–H and O–H groups in total. The molecule has 3 aliphatic rings. The normalized spacial score (nSPS) is 32.9. The first kappa shape index (κ1) is 16.1. The van der Waals surface area contributed by atoms with Crippen LogP contribution in [0.5, 0.6) is 0 Å². The Morgan fingerprint density at radius 1 is 1.27 bits per heavy atom. The summed E-state index contributed by atoms with van der Waals surface area (Å²) in [6, 6.07) is 1.72. The van der Waals surface area contributed by atoms with E-state index >= 15 is 0 Å². The molecule has 126 valence electrons. The van der Waals surface area contributed by atoms with Gasteiger partial charge >= 0.3 is 6.03 Å². The Morgan fingerprint density at radius 2 is 2.14 bits per heavy atom. The number of hydrogen-bond acceptors (Lipinski definition) is 3. The zero-order valence-electron chi connectivity index (χ0n) is 13.9. The van der Waals surface area contributed by atoms with Crippen molar-refractivity contribution in [2.45, 2.75) is 82.5 Å². The fraction of sp³-hybridized carbons (Fsp3) is 0.941. The smallest absolute Gasteiger partial charge is 0.315 e. The van der Waals surface area contributed by atoms with Gasteiger partial charge in [-0.2, -0.15) is 0 Å². The fourth-order valence-corrected chi connectivity index (χ4v) is 3.88. The SMILES string of the molecule is C[C@@H]1C[C@H](NC(=O)NCCC[C@@H]2CCCCO2)CN1C1CC1. The highest BCUT2D eigenvalue weighted by atomic mass is 16.5. The summed E-state index contributed by atoms with van der Waals surface area (Å²) in [6.45, 7) is 4.97. The lowest BCUT2D eigenvalue weighted by atomic mass is 10.0. The molecule has 1 saturated carbocycles. The number of nitrogens with zero attached hydrogens (tertiary/aromatic N) is 1. The minimum absolute atomic E-state index is 0.000547. The van der Waals surface area contributed by atoms with Crippen LogP contribution in [-0.4, -0.2) is 54.9 Å². The highest BCUT2D eigenvalue weighted by molar-refractivity contribution is 5.74. The number of rotatable bonds is 6. The van der Waals surface area contributed by atoms with Crippen molar-refractivity contribution in [1.82, 2.24) is 15.5 Å². The van der Waals surface area contributed by atoms with E-state index in [4.69, 9.17) is 4.74 Å². The van der Waals surface area contributed by atoms with Crippen LogP contribution < -0.4 is 10.6 Å². The summed E-state index contributed by atoms with van der Waals surface area (Å²) in [5.74, 6) is 0. The van der Waals surface area contributed by atoms with Crippen molar-refractivity contribution in [2.24, 2.45) is 0 Å². The van der Waals surface area contributed by atoms with Gasteiger partial charge in [-0.15, -0.1) is 0 Å². The number of urea groups is 1. The molecule has 3 fully saturated rings. The zero-order chi connectivity index (χ0) is 15.4. The molecule has 5 nitrogen and oxygen atoms in total. The predicted octanol–water partition coefficient (Wildman–Crippen LogP) is 2.26. The minimum Gasteiger partial charge on any atom is -0.378 e. The molecule has 0 aromatic heterocycles. The molecule has 1 aliphatic carbocycles. The van der Waals surface area contributed by atoms with Crippen molar-refractivity contribution in [3.63, 3.8) is 0 Å². The monoisotopic (exact) mass is 309 g/mol. The van der Waals surface area contributed by atoms with Crippen molar-refractivity contribution in [2.75, 3.05) is 19.7 Å². The molecule has 5 heteroatoms. The van der Waals surface area contributed by atoms with Crippen molar-refractivity contribution < 1.29 is 9.53 Å². The van der Waals surface area contributed by atoms with Crippen molar-refractivity contribution in [3.05, 3.63) is 0 Å². The molecular weight excluding hydrogens is 278 g/mol. The van der Waals surface area contributed by atoms with Crippen molar-refractivity contribution >= 4 is 6.03 Å². The van der Waals surface area contributed by atoms with Gasteiger partial charge in [-0.3, -0.25) is 4.90 Å². The topological polar surface area (TPSA) is 53.6 Å². The first-order valence-corrected chi connectivity index (χ1v) is 9.14. The maximum Gasteiger partial charge on any atom is 0.315 e. The summed E-state index contributed by atoms with van der Waals surface area (Å²) in [4.78, 5) is 14.5. The largest absolute Gasteiger partial charge is 0.378 e. The van der Waals surface area contributed by atoms with Gasteiger partial charge in [0.05, 0.1) is 6.10 Å². The summed E-state index contributed by atoms with van der Waals surface area (Å²) in [6.07, 6.45) is 9.93. The molecule has 0 aromatic rings. The van der Waals surface area contributed by atoms with Gasteiger partial charge in [-0.25, -0.2) is 4.79 Å². The van der Waals surface area contributed by atoms with E-state index in [0.717, 1.165) is 45.0 Å². The van der Waals surface area contributed by atoms with Crippen LogP contribution in [0.1, 0.15) is 58.3 Å². The molecule has 2 saturated heterocycles. The summed E-state index contributed by atoms with van der Waals surface area (Å²) in [5, 5.41) is 6.14. The van der Waals surface area contributed by atoms with Gasteiger partial charge in [0, 0.05) is 37.8 Å². The first-order chi connectivity index (χ1) is 10.7. The molecule has 0 aromatic carbocycles. The van der Waals surface area contributed by atoms with E-state index in [1.165, 1.54) is 32.1 Å². The highest BCUT2D eigenvalue weighted by Gasteiger charge is 2.39. The number of nitrogens with one attached hydrogen (secondary N) is 2. The maximum absolute atomic E-state index is 12.0. The number of carbonyl (C=O) groups is 1. The van der Waals surface area contributed by atoms with Gasteiger partial charge < -0.3 is 15.4 Å². The number of ether oxygens (including phenoxy) is 1. The first-order valence-electron chi connectivity index (χ1n) is 9.14. The molecule has 3 atom stereocenters. The Kier molecular flexibility index (Phi) is 5.58. The van der Waals surface area contributed by atoms with Crippen LogP contribution in [0.15, 0.2) is 0 Å². The molecule has 3 rings (SSSR count). The van der Waals surface area contributed by atoms with E-state index in [-0.39, 0.29) is 6.03 Å². The summed E-state index contributed by atoms with van der Waals surface area (Å²) in [7, 11) is 0. The quantitative estimate of drug-likeness (QED) is 0.740. The summed E-state index contributed by atoms with van der Waals surface area (Å²) >= 11 is 0. The van der Waals surface area contributed by atoms with Crippen molar-refractivity contribution in [1.29, 1.82) is 0 Å². The van der Waals surface area contributed by atoms with Crippen LogP contribution in [0.3, 0.4) is 0 Å². The Morgan fingerprint density at radius 3 is 2.86 bits per heavy atom. The number of carbonyl (C=O) groups excluding carboxylic acids is 1. The third kappa shape index (κ3) is 4.59. The van der Waals surface area contributed by atoms with Crippen LogP contribution in [0.4, 0.5) is 4.79 Å². The molecule has 0 bridgehead atoms. The van der Waals surface area contributed by atoms with E-state index in [1.807, 2.05) is 0 Å². The van der Waals surface area contributed by atoms with Gasteiger partial charge in [0.2, 0.25) is 0 Å². The van der Waals surface area contributed by atoms with Crippen molar-refractivity contribution in [3.8, 4) is 0 Å². The Hall–Kier alpha value is -0.810. The third-order valence-electron chi connectivity index (χ3n) is 5.24. The number of hydrogen-bond donors (Lipinski definition) is 2. The minimum atomic E-state index is -0.000547. The van der Waals surface area contributed by atoms with E-state index < -0.39 is 0 Å². The molecule has 2 heterocycles. The lowest BCUT2D eigenvalue weighted by Gasteiger charge is -2.22. The van der Waals surface area contributed by atoms with Crippen LogP contribution in [-0.2, 0) is 4.74 Å². The predicted molar refractivity (Wildman–Crippen MR) is 87.0 cm³/mol. The van der Waals surface area contributed by atoms with Crippen LogP contribution in [0, 0.1) is 0 Å². The molecule has 0 spiro atoms. The molecular formula is C17H31N3O2. The number of amides is 2. The Labute approximate surface area is 134 Å². The second-order valence-corrected chi connectivity index (χ2v) is 7.24. The van der Waals surface area contributed by atoms with Crippen LogP contribution >= 0.6 is 0 Å².